The third-order valence-electron chi connectivity index (χ3n) is 7.07. The van der Waals surface area contributed by atoms with Crippen LogP contribution >= 0.6 is 0 Å². The Kier molecular flexibility index (Phi) is 7.42. The molecule has 0 aliphatic rings. The van der Waals surface area contributed by atoms with Gasteiger partial charge in [-0.3, -0.25) is 9.59 Å². The summed E-state index contributed by atoms with van der Waals surface area (Å²) in [5.41, 5.74) is 9.77. The third-order valence-corrected chi connectivity index (χ3v) is 8.80. The molecule has 5 rings (SSSR count). The standard InChI is InChI=1S/C32H32N4O5S/c1-6-34-31(37)29-17-26-27(22-13-20(3)14-24(15-22)41-23-10-9-21(4)28(33)16-23)18-35(5)32(38)30(26)36(29)42(39,40)25-11-7-19(2)8-12-25/h7-18H,6,33H2,1-5H3,(H,34,37). The van der Waals surface area contributed by atoms with Crippen molar-refractivity contribution in [2.75, 3.05) is 12.3 Å². The number of pyridine rings is 1. The summed E-state index contributed by atoms with van der Waals surface area (Å²) in [4.78, 5) is 26.8. The minimum absolute atomic E-state index is 0.0350. The van der Waals surface area contributed by atoms with Crippen LogP contribution in [-0.4, -0.2) is 29.4 Å². The van der Waals surface area contributed by atoms with Gasteiger partial charge >= 0.3 is 0 Å². The monoisotopic (exact) mass is 584 g/mol. The highest BCUT2D eigenvalue weighted by atomic mass is 32.2. The number of carbonyl (C=O) groups excluding carboxylic acids is 1. The number of nitrogen functional groups attached to an aromatic ring is 1. The molecule has 3 N–H and O–H groups in total. The number of ether oxygens (including phenoxy) is 1. The maximum atomic E-state index is 14.0. The number of amides is 1. The summed E-state index contributed by atoms with van der Waals surface area (Å²) in [5.74, 6) is 0.489. The van der Waals surface area contributed by atoms with Gasteiger partial charge in [0.25, 0.3) is 21.5 Å². The maximum Gasteiger partial charge on any atom is 0.275 e. The molecule has 0 unspecified atom stereocenters. The molecule has 3 aromatic carbocycles. The van der Waals surface area contributed by atoms with E-state index in [1.807, 2.05) is 45.0 Å². The molecule has 0 atom stereocenters. The number of benzene rings is 3. The van der Waals surface area contributed by atoms with Crippen molar-refractivity contribution in [3.8, 4) is 22.6 Å². The van der Waals surface area contributed by atoms with Crippen LogP contribution in [0.1, 0.15) is 34.1 Å². The first-order chi connectivity index (χ1) is 19.9. The first-order valence-corrected chi connectivity index (χ1v) is 14.9. The molecule has 0 saturated carbocycles. The molecule has 0 radical (unpaired) electrons. The SMILES string of the molecule is CCNC(=O)c1cc2c(-c3cc(C)cc(Oc4ccc(C)c(N)c4)c3)cn(C)c(=O)c2n1S(=O)(=O)c1ccc(C)cc1. The van der Waals surface area contributed by atoms with E-state index in [1.165, 1.54) is 22.8 Å². The van der Waals surface area contributed by atoms with Gasteiger partial charge in [0.15, 0.2) is 0 Å². The number of aryl methyl sites for hydroxylation is 4. The average Bonchev–Trinajstić information content (AvgIpc) is 3.35. The first-order valence-electron chi connectivity index (χ1n) is 13.4. The lowest BCUT2D eigenvalue weighted by Crippen LogP contribution is -2.29. The summed E-state index contributed by atoms with van der Waals surface area (Å²) in [5, 5.41) is 3.01. The number of carbonyl (C=O) groups is 1. The van der Waals surface area contributed by atoms with Crippen molar-refractivity contribution in [1.82, 2.24) is 13.9 Å². The van der Waals surface area contributed by atoms with Gasteiger partial charge in [-0.05, 0) is 80.8 Å². The average molecular weight is 585 g/mol. The molecular formula is C32H32N4O5S. The van der Waals surface area contributed by atoms with Crippen LogP contribution < -0.4 is 21.3 Å². The highest BCUT2D eigenvalue weighted by Gasteiger charge is 2.30. The highest BCUT2D eigenvalue weighted by molar-refractivity contribution is 7.90. The van der Waals surface area contributed by atoms with E-state index in [9.17, 15) is 18.0 Å². The van der Waals surface area contributed by atoms with Crippen LogP contribution in [0.5, 0.6) is 11.5 Å². The summed E-state index contributed by atoms with van der Waals surface area (Å²) in [6, 6.07) is 18.8. The van der Waals surface area contributed by atoms with E-state index in [0.717, 1.165) is 20.7 Å². The van der Waals surface area contributed by atoms with Gasteiger partial charge in [0, 0.05) is 42.5 Å². The number of aromatic nitrogens is 2. The summed E-state index contributed by atoms with van der Waals surface area (Å²) in [6.07, 6.45) is 1.64. The Labute approximate surface area is 244 Å². The fourth-order valence-corrected chi connectivity index (χ4v) is 6.38. The van der Waals surface area contributed by atoms with Gasteiger partial charge < -0.3 is 20.4 Å². The first kappa shape index (κ1) is 28.7. The molecule has 0 aliphatic heterocycles. The zero-order valence-electron chi connectivity index (χ0n) is 24.1. The fourth-order valence-electron chi connectivity index (χ4n) is 4.87. The quantitative estimate of drug-likeness (QED) is 0.250. The minimum Gasteiger partial charge on any atom is -0.457 e. The van der Waals surface area contributed by atoms with Gasteiger partial charge in [-0.1, -0.05) is 29.8 Å². The molecule has 42 heavy (non-hydrogen) atoms. The number of nitrogens with two attached hydrogens (primary N) is 1. The second kappa shape index (κ2) is 10.9. The number of hydrogen-bond acceptors (Lipinski definition) is 6. The van der Waals surface area contributed by atoms with Gasteiger partial charge in [-0.15, -0.1) is 0 Å². The van der Waals surface area contributed by atoms with Crippen LogP contribution in [0.15, 0.2) is 82.6 Å². The molecule has 216 valence electrons. The smallest absolute Gasteiger partial charge is 0.275 e. The third kappa shape index (κ3) is 5.16. The van der Waals surface area contributed by atoms with Crippen LogP contribution in [0.2, 0.25) is 0 Å². The highest BCUT2D eigenvalue weighted by Crippen LogP contribution is 2.35. The Morgan fingerprint density at radius 3 is 2.31 bits per heavy atom. The normalized spacial score (nSPS) is 11.5. The topological polar surface area (TPSA) is 125 Å². The number of hydrogen-bond donors (Lipinski definition) is 2. The molecule has 10 heteroatoms. The fraction of sp³-hybridized carbons (Fsp3) is 0.188. The summed E-state index contributed by atoms with van der Waals surface area (Å²) in [7, 11) is -2.78. The van der Waals surface area contributed by atoms with Crippen molar-refractivity contribution in [3.05, 3.63) is 106 Å². The van der Waals surface area contributed by atoms with Gasteiger partial charge in [0.1, 0.15) is 22.7 Å². The van der Waals surface area contributed by atoms with Gasteiger partial charge in [0.05, 0.1) is 4.90 Å². The van der Waals surface area contributed by atoms with E-state index in [4.69, 9.17) is 10.5 Å². The molecule has 0 saturated heterocycles. The molecule has 9 nitrogen and oxygen atoms in total. The number of nitrogens with zero attached hydrogens (tertiary/aromatic N) is 2. The maximum absolute atomic E-state index is 14.0. The molecule has 2 aromatic heterocycles. The Balaban J connectivity index is 1.77. The van der Waals surface area contributed by atoms with Crippen LogP contribution in [0.3, 0.4) is 0 Å². The van der Waals surface area contributed by atoms with E-state index < -0.39 is 21.5 Å². The van der Waals surface area contributed by atoms with Crippen molar-refractivity contribution < 1.29 is 17.9 Å². The number of fused-ring (bicyclic) bond motifs is 1. The summed E-state index contributed by atoms with van der Waals surface area (Å²) < 4.78 is 36.4. The molecule has 1 amide bonds. The zero-order chi connectivity index (χ0) is 30.3. The lowest BCUT2D eigenvalue weighted by molar-refractivity contribution is 0.0950. The minimum atomic E-state index is -4.33. The molecule has 5 aromatic rings. The van der Waals surface area contributed by atoms with Crippen molar-refractivity contribution >= 4 is 32.5 Å². The molecular weight excluding hydrogens is 552 g/mol. The van der Waals surface area contributed by atoms with Crippen molar-refractivity contribution in [2.45, 2.75) is 32.6 Å². The number of rotatable bonds is 7. The Morgan fingerprint density at radius 2 is 1.64 bits per heavy atom. The Morgan fingerprint density at radius 1 is 0.929 bits per heavy atom. The van der Waals surface area contributed by atoms with Gasteiger partial charge in [-0.2, -0.15) is 0 Å². The van der Waals surface area contributed by atoms with Crippen LogP contribution in [-0.2, 0) is 17.1 Å². The molecule has 0 bridgehead atoms. The summed E-state index contributed by atoms with van der Waals surface area (Å²) in [6.45, 7) is 7.68. The van der Waals surface area contributed by atoms with Crippen molar-refractivity contribution in [1.29, 1.82) is 0 Å². The van der Waals surface area contributed by atoms with Gasteiger partial charge in [0.2, 0.25) is 0 Å². The van der Waals surface area contributed by atoms with E-state index in [2.05, 4.69) is 5.32 Å². The second-order valence-electron chi connectivity index (χ2n) is 10.3. The molecule has 0 aliphatic carbocycles. The van der Waals surface area contributed by atoms with Crippen LogP contribution in [0.4, 0.5) is 5.69 Å². The molecule has 0 spiro atoms. The summed E-state index contributed by atoms with van der Waals surface area (Å²) >= 11 is 0. The van der Waals surface area contributed by atoms with E-state index in [0.29, 0.717) is 33.7 Å². The molecule has 2 heterocycles. The van der Waals surface area contributed by atoms with Crippen LogP contribution in [0.25, 0.3) is 22.0 Å². The largest absolute Gasteiger partial charge is 0.457 e. The second-order valence-corrected chi connectivity index (χ2v) is 12.1. The van der Waals surface area contributed by atoms with Crippen LogP contribution in [0, 0.1) is 20.8 Å². The Hall–Kier alpha value is -4.83. The number of nitrogens with one attached hydrogen (secondary N) is 1. The Bertz CT molecular complexity index is 2020. The number of anilines is 1. The van der Waals surface area contributed by atoms with E-state index in [-0.39, 0.29) is 22.7 Å². The van der Waals surface area contributed by atoms with Crippen molar-refractivity contribution in [2.24, 2.45) is 7.05 Å². The lowest BCUT2D eigenvalue weighted by Gasteiger charge is -2.14. The predicted molar refractivity (Wildman–Crippen MR) is 165 cm³/mol. The zero-order valence-corrected chi connectivity index (χ0v) is 24.9. The molecule has 0 fully saturated rings. The van der Waals surface area contributed by atoms with Crippen molar-refractivity contribution in [3.63, 3.8) is 0 Å². The predicted octanol–water partition coefficient (Wildman–Crippen LogP) is 5.29. The lowest BCUT2D eigenvalue weighted by atomic mass is 10.0. The van der Waals surface area contributed by atoms with Gasteiger partial charge in [-0.25, -0.2) is 12.4 Å². The van der Waals surface area contributed by atoms with E-state index >= 15 is 0 Å². The van der Waals surface area contributed by atoms with E-state index in [1.54, 1.807) is 44.4 Å².